The van der Waals surface area contributed by atoms with Gasteiger partial charge in [0.2, 0.25) is 5.52 Å². The summed E-state index contributed by atoms with van der Waals surface area (Å²) in [5.41, 5.74) is 9.20. The van der Waals surface area contributed by atoms with Crippen molar-refractivity contribution in [1.82, 2.24) is 0 Å². The lowest BCUT2D eigenvalue weighted by molar-refractivity contribution is -0.343. The predicted octanol–water partition coefficient (Wildman–Crippen LogP) is 3.18. The molecule has 1 saturated carbocycles. The second kappa shape index (κ2) is 9.98. The van der Waals surface area contributed by atoms with Gasteiger partial charge in [0.05, 0.1) is 11.8 Å². The number of nitrogen functional groups attached to an aromatic ring is 1. The summed E-state index contributed by atoms with van der Waals surface area (Å²) in [5.74, 6) is 0. The molecule has 0 spiro atoms. The maximum absolute atomic E-state index is 7.32. The zero-order valence-electron chi connectivity index (χ0n) is 13.2. The highest BCUT2D eigenvalue weighted by Gasteiger charge is 2.18. The van der Waals surface area contributed by atoms with Crippen molar-refractivity contribution in [2.45, 2.75) is 45.1 Å². The third-order valence-electron chi connectivity index (χ3n) is 3.52. The van der Waals surface area contributed by atoms with E-state index in [2.05, 4.69) is 21.7 Å². The van der Waals surface area contributed by atoms with Crippen LogP contribution in [0.1, 0.15) is 39.0 Å². The van der Waals surface area contributed by atoms with Gasteiger partial charge in [-0.1, -0.05) is 19.3 Å². The first-order chi connectivity index (χ1) is 10.8. The number of aromatic amines is 1. The van der Waals surface area contributed by atoms with E-state index in [4.69, 9.17) is 16.1 Å². The molecule has 2 heterocycles. The lowest BCUT2D eigenvalue weighted by Gasteiger charge is -2.24. The van der Waals surface area contributed by atoms with E-state index in [-0.39, 0.29) is 0 Å². The number of hydrogen-bond acceptors (Lipinski definition) is 5. The number of H-pyrrole nitrogens is 1. The van der Waals surface area contributed by atoms with Gasteiger partial charge in [0.25, 0.3) is 0 Å². The Balaban J connectivity index is 0.000000435. The number of aliphatic hydroxyl groups excluding tert-OH is 1. The average molecular weight is 321 g/mol. The van der Waals surface area contributed by atoms with Crippen molar-refractivity contribution in [2.24, 2.45) is 0 Å². The minimum absolute atomic E-state index is 0.596. The highest BCUT2D eigenvalue weighted by atomic mass is 32.1. The number of nitriles is 1. The molecule has 0 amide bonds. The number of rotatable bonds is 2. The zero-order valence-corrected chi connectivity index (χ0v) is 14.0. The SMILES string of the molecule is CC#N.CO.Nc1c[nH+]c2ccsc2c1NC1CCCCC1. The quantitative estimate of drug-likeness (QED) is 0.791. The van der Waals surface area contributed by atoms with Gasteiger partial charge >= 0.3 is 0 Å². The van der Waals surface area contributed by atoms with Crippen molar-refractivity contribution in [1.29, 1.82) is 5.26 Å². The molecule has 2 aromatic rings. The first kappa shape index (κ1) is 18.2. The van der Waals surface area contributed by atoms with Crippen LogP contribution in [0.5, 0.6) is 0 Å². The molecule has 22 heavy (non-hydrogen) atoms. The van der Waals surface area contributed by atoms with E-state index < -0.39 is 0 Å². The molecule has 0 radical (unpaired) electrons. The van der Waals surface area contributed by atoms with Crippen LogP contribution >= 0.6 is 11.3 Å². The van der Waals surface area contributed by atoms with E-state index >= 15 is 0 Å². The standard InChI is InChI=1S/C13H17N3S.C2H3N.CH4O/c14-10-8-15-11-6-7-17-13(11)12(10)16-9-4-2-1-3-5-9;1-2-3;1-2/h6-9H,1-5,14H2,(H,15,16);1H3;2H,1H3/p+1. The smallest absolute Gasteiger partial charge is 0.223 e. The van der Waals surface area contributed by atoms with Gasteiger partial charge in [0, 0.05) is 26.1 Å². The number of nitrogens with two attached hydrogens (primary N) is 1. The summed E-state index contributed by atoms with van der Waals surface area (Å²) in [4.78, 5) is 3.22. The Hall–Kier alpha value is -1.84. The third-order valence-corrected chi connectivity index (χ3v) is 4.45. The van der Waals surface area contributed by atoms with Crippen LogP contribution < -0.4 is 16.0 Å². The molecule has 0 bridgehead atoms. The first-order valence-corrected chi connectivity index (χ1v) is 8.33. The fourth-order valence-corrected chi connectivity index (χ4v) is 3.46. The number of nitrogens with zero attached hydrogens (tertiary/aromatic N) is 1. The van der Waals surface area contributed by atoms with Gasteiger partial charge in [-0.3, -0.25) is 0 Å². The van der Waals surface area contributed by atoms with Crippen LogP contribution in [0.15, 0.2) is 17.6 Å². The molecule has 0 atom stereocenters. The van der Waals surface area contributed by atoms with Gasteiger partial charge in [0.1, 0.15) is 10.4 Å². The van der Waals surface area contributed by atoms with Crippen molar-refractivity contribution >= 4 is 32.9 Å². The lowest BCUT2D eigenvalue weighted by Crippen LogP contribution is -2.23. The molecule has 5 nitrogen and oxygen atoms in total. The molecule has 5 N–H and O–H groups in total. The molecule has 1 aliphatic carbocycles. The van der Waals surface area contributed by atoms with Crippen LogP contribution in [0.4, 0.5) is 11.4 Å². The molecule has 0 aromatic carbocycles. The number of fused-ring (bicyclic) bond motifs is 1. The zero-order chi connectivity index (χ0) is 16.4. The van der Waals surface area contributed by atoms with Crippen molar-refractivity contribution < 1.29 is 10.1 Å². The Bertz CT molecular complexity index is 600. The Morgan fingerprint density at radius 1 is 1.36 bits per heavy atom. The summed E-state index contributed by atoms with van der Waals surface area (Å²) in [7, 11) is 1.00. The van der Waals surface area contributed by atoms with Gasteiger partial charge in [0.15, 0.2) is 6.20 Å². The Morgan fingerprint density at radius 3 is 2.64 bits per heavy atom. The minimum Gasteiger partial charge on any atom is -0.400 e. The monoisotopic (exact) mass is 321 g/mol. The maximum Gasteiger partial charge on any atom is 0.223 e. The fourth-order valence-electron chi connectivity index (χ4n) is 2.58. The molecule has 120 valence electrons. The van der Waals surface area contributed by atoms with Crippen LogP contribution in [-0.4, -0.2) is 18.3 Å². The number of hydrogen-bond donors (Lipinski definition) is 3. The number of thiophene rings is 1. The van der Waals surface area contributed by atoms with Crippen LogP contribution in [0, 0.1) is 11.3 Å². The number of aliphatic hydroxyl groups is 1. The van der Waals surface area contributed by atoms with Crippen LogP contribution in [0.25, 0.3) is 10.2 Å². The molecule has 3 rings (SSSR count). The topological polar surface area (TPSA) is 96.2 Å². The normalized spacial score (nSPS) is 14.1. The van der Waals surface area contributed by atoms with Gasteiger partial charge in [-0.15, -0.1) is 11.3 Å². The molecule has 2 aromatic heterocycles. The maximum atomic E-state index is 7.32. The van der Waals surface area contributed by atoms with Crippen molar-refractivity contribution in [3.63, 3.8) is 0 Å². The molecule has 0 unspecified atom stereocenters. The third kappa shape index (κ3) is 4.86. The molecular weight excluding hydrogens is 296 g/mol. The Labute approximate surface area is 135 Å². The van der Waals surface area contributed by atoms with E-state index in [9.17, 15) is 0 Å². The van der Waals surface area contributed by atoms with Gasteiger partial charge < -0.3 is 16.2 Å². The van der Waals surface area contributed by atoms with E-state index in [1.54, 1.807) is 17.4 Å². The van der Waals surface area contributed by atoms with Crippen LogP contribution in [0.2, 0.25) is 0 Å². The van der Waals surface area contributed by atoms with E-state index in [0.717, 1.165) is 18.5 Å². The van der Waals surface area contributed by atoms with Gasteiger partial charge in [-0.05, 0) is 18.2 Å². The summed E-state index contributed by atoms with van der Waals surface area (Å²) >= 11 is 1.74. The van der Waals surface area contributed by atoms with Crippen molar-refractivity contribution in [3.8, 4) is 6.07 Å². The highest BCUT2D eigenvalue weighted by Crippen LogP contribution is 2.32. The van der Waals surface area contributed by atoms with Crippen molar-refractivity contribution in [3.05, 3.63) is 17.6 Å². The first-order valence-electron chi connectivity index (χ1n) is 7.45. The molecule has 6 heteroatoms. The number of aromatic nitrogens is 1. The lowest BCUT2D eigenvalue weighted by atomic mass is 9.95. The number of nitrogens with one attached hydrogen (secondary N) is 2. The van der Waals surface area contributed by atoms with Crippen LogP contribution in [0.3, 0.4) is 0 Å². The van der Waals surface area contributed by atoms with E-state index in [1.165, 1.54) is 49.2 Å². The predicted molar refractivity (Wildman–Crippen MR) is 92.7 cm³/mol. The Kier molecular flexibility index (Phi) is 8.26. The van der Waals surface area contributed by atoms with Crippen LogP contribution in [-0.2, 0) is 0 Å². The second-order valence-corrected chi connectivity index (χ2v) is 5.90. The average Bonchev–Trinajstić information content (AvgIpc) is 3.03. The summed E-state index contributed by atoms with van der Waals surface area (Å²) in [6, 6.07) is 4.45. The summed E-state index contributed by atoms with van der Waals surface area (Å²) in [6.45, 7) is 1.43. The molecule has 0 saturated heterocycles. The van der Waals surface area contributed by atoms with Gasteiger partial charge in [-0.2, -0.15) is 5.26 Å². The summed E-state index contributed by atoms with van der Waals surface area (Å²) in [6.07, 6.45) is 8.48. The van der Waals surface area contributed by atoms with Gasteiger partial charge in [-0.25, -0.2) is 4.98 Å². The molecule has 0 aliphatic heterocycles. The summed E-state index contributed by atoms with van der Waals surface area (Å²) < 4.78 is 1.25. The summed E-state index contributed by atoms with van der Waals surface area (Å²) in [5, 5.41) is 20.1. The fraction of sp³-hybridized carbons (Fsp3) is 0.500. The largest absolute Gasteiger partial charge is 0.400 e. The molecule has 1 aliphatic rings. The van der Waals surface area contributed by atoms with E-state index in [1.807, 2.05) is 6.20 Å². The highest BCUT2D eigenvalue weighted by molar-refractivity contribution is 7.17. The minimum atomic E-state index is 0.596. The molecular formula is C16H25N4OS+. The van der Waals surface area contributed by atoms with Crippen molar-refractivity contribution in [2.75, 3.05) is 18.2 Å². The van der Waals surface area contributed by atoms with E-state index in [0.29, 0.717) is 6.04 Å². The number of anilines is 2. The number of pyridine rings is 1. The second-order valence-electron chi connectivity index (χ2n) is 4.99. The Morgan fingerprint density at radius 2 is 2.00 bits per heavy atom. The molecule has 1 fully saturated rings.